The first-order valence-corrected chi connectivity index (χ1v) is 10.9. The fourth-order valence-electron chi connectivity index (χ4n) is 1.17. The number of hydrogen-bond donors (Lipinski definition) is 0. The van der Waals surface area contributed by atoms with Gasteiger partial charge in [0.25, 0.3) is 0 Å². The second kappa shape index (κ2) is 11.0. The van der Waals surface area contributed by atoms with Crippen LogP contribution in [0, 0.1) is 0 Å². The van der Waals surface area contributed by atoms with Gasteiger partial charge in [0.2, 0.25) is 0 Å². The summed E-state index contributed by atoms with van der Waals surface area (Å²) in [6.07, 6.45) is 1.39. The lowest BCUT2D eigenvalue weighted by molar-refractivity contribution is 1.12. The van der Waals surface area contributed by atoms with Gasteiger partial charge in [-0.3, -0.25) is 0 Å². The van der Waals surface area contributed by atoms with Crippen molar-refractivity contribution in [2.24, 2.45) is 0 Å². The molecule has 0 nitrogen and oxygen atoms in total. The Hall–Kier alpha value is 1.88. The first kappa shape index (κ1) is 14.9. The molecule has 0 aromatic rings. The maximum Gasteiger partial charge on any atom is 0.0326 e. The van der Waals surface area contributed by atoms with Crippen molar-refractivity contribution in [2.45, 2.75) is 11.2 Å². The number of hydrogen-bond acceptors (Lipinski definition) is 4. The first-order chi connectivity index (χ1) is 7.39. The summed E-state index contributed by atoms with van der Waals surface area (Å²) < 4.78 is 0. The van der Waals surface area contributed by atoms with E-state index in [1.807, 2.05) is 0 Å². The van der Waals surface area contributed by atoms with Gasteiger partial charge >= 0.3 is 0 Å². The molecule has 0 atom stereocenters. The molecular weight excluding hydrogens is 328 g/mol. The van der Waals surface area contributed by atoms with Crippen molar-refractivity contribution >= 4 is 63.0 Å². The number of thioether (sulfide) groups is 4. The highest BCUT2D eigenvalue weighted by atomic mass is 79.9. The first-order valence-electron chi connectivity index (χ1n) is 5.34. The Bertz CT molecular complexity index is 131. The van der Waals surface area contributed by atoms with Gasteiger partial charge in [-0.25, -0.2) is 0 Å². The fraction of sp³-hybridized carbons (Fsp3) is 1.00. The predicted molar refractivity (Wildman–Crippen MR) is 86.6 cm³/mol. The van der Waals surface area contributed by atoms with Gasteiger partial charge in [0.15, 0.2) is 0 Å². The maximum absolute atomic E-state index is 3.76. The van der Waals surface area contributed by atoms with Crippen LogP contribution in [0.1, 0.15) is 6.42 Å². The molecule has 0 saturated carbocycles. The Morgan fingerprint density at radius 1 is 0.667 bits per heavy atom. The summed E-state index contributed by atoms with van der Waals surface area (Å²) in [5.41, 5.74) is 0. The van der Waals surface area contributed by atoms with Gasteiger partial charge in [-0.05, 0) is 17.9 Å². The van der Waals surface area contributed by atoms with Crippen LogP contribution in [-0.4, -0.2) is 50.9 Å². The van der Waals surface area contributed by atoms with Crippen LogP contribution in [0.15, 0.2) is 0 Å². The molecule has 0 unspecified atom stereocenters. The zero-order valence-corrected chi connectivity index (χ0v) is 13.8. The third kappa shape index (κ3) is 9.57. The molecule has 0 aromatic heterocycles. The van der Waals surface area contributed by atoms with Gasteiger partial charge in [0.05, 0.1) is 0 Å². The Balaban J connectivity index is 2.10. The number of rotatable bonds is 0. The summed E-state index contributed by atoms with van der Waals surface area (Å²) in [5, 5.41) is 0. The van der Waals surface area contributed by atoms with Crippen molar-refractivity contribution in [1.82, 2.24) is 0 Å². The Labute approximate surface area is 119 Å². The largest absolute Gasteiger partial charge is 0.161 e. The van der Waals surface area contributed by atoms with Crippen molar-refractivity contribution in [3.63, 3.8) is 0 Å². The zero-order chi connectivity index (χ0) is 10.8. The van der Waals surface area contributed by atoms with E-state index in [1.54, 1.807) is 0 Å². The number of halogens is 1. The highest BCUT2D eigenvalue weighted by Crippen LogP contribution is 2.19. The molecule has 0 amide bonds. The molecule has 1 aliphatic heterocycles. The van der Waals surface area contributed by atoms with Crippen molar-refractivity contribution in [3.8, 4) is 0 Å². The lowest BCUT2D eigenvalue weighted by Crippen LogP contribution is -2.07. The van der Waals surface area contributed by atoms with Gasteiger partial charge in [0, 0.05) is 39.3 Å². The topological polar surface area (TPSA) is 0 Å². The lowest BCUT2D eigenvalue weighted by atomic mass is 10.6. The molecule has 0 spiro atoms. The van der Waals surface area contributed by atoms with Gasteiger partial charge in [-0.1, -0.05) is 15.9 Å². The molecule has 90 valence electrons. The van der Waals surface area contributed by atoms with Crippen LogP contribution in [0.4, 0.5) is 0 Å². The van der Waals surface area contributed by atoms with Gasteiger partial charge in [-0.15, -0.1) is 0 Å². The quantitative estimate of drug-likeness (QED) is 0.605. The monoisotopic (exact) mass is 346 g/mol. The van der Waals surface area contributed by atoms with E-state index in [0.29, 0.717) is 4.83 Å². The maximum atomic E-state index is 3.76. The molecule has 1 rings (SSSR count). The van der Waals surface area contributed by atoms with E-state index < -0.39 is 0 Å². The summed E-state index contributed by atoms with van der Waals surface area (Å²) in [6.45, 7) is 0. The standard InChI is InChI=1S/C10H19BrS4/c11-10-8-14-6-4-12-2-1-3-13-5-7-15-9-10/h10H,1-9H2. The van der Waals surface area contributed by atoms with Crippen molar-refractivity contribution < 1.29 is 0 Å². The van der Waals surface area contributed by atoms with E-state index in [0.717, 1.165) is 0 Å². The van der Waals surface area contributed by atoms with Crippen LogP contribution in [0.5, 0.6) is 0 Å². The van der Waals surface area contributed by atoms with Crippen LogP contribution in [0.3, 0.4) is 0 Å². The zero-order valence-electron chi connectivity index (χ0n) is 8.95. The summed E-state index contributed by atoms with van der Waals surface area (Å²) in [5.74, 6) is 10.6. The van der Waals surface area contributed by atoms with E-state index in [1.165, 1.54) is 52.4 Å². The lowest BCUT2D eigenvalue weighted by Gasteiger charge is -2.10. The molecular formula is C10H19BrS4. The third-order valence-electron chi connectivity index (χ3n) is 1.92. The minimum absolute atomic E-state index is 0.713. The molecule has 0 N–H and O–H groups in total. The Morgan fingerprint density at radius 2 is 1.13 bits per heavy atom. The molecule has 0 radical (unpaired) electrons. The van der Waals surface area contributed by atoms with E-state index in [9.17, 15) is 0 Å². The van der Waals surface area contributed by atoms with Crippen LogP contribution < -0.4 is 0 Å². The molecule has 5 heteroatoms. The van der Waals surface area contributed by atoms with E-state index in [-0.39, 0.29) is 0 Å². The van der Waals surface area contributed by atoms with E-state index in [2.05, 4.69) is 63.0 Å². The smallest absolute Gasteiger partial charge is 0.0326 e. The molecule has 1 fully saturated rings. The average molecular weight is 347 g/mol. The van der Waals surface area contributed by atoms with Crippen molar-refractivity contribution in [3.05, 3.63) is 0 Å². The highest BCUT2D eigenvalue weighted by molar-refractivity contribution is 9.09. The Morgan fingerprint density at radius 3 is 1.67 bits per heavy atom. The minimum Gasteiger partial charge on any atom is -0.161 e. The van der Waals surface area contributed by atoms with Gasteiger partial charge in [-0.2, -0.15) is 47.0 Å². The second-order valence-electron chi connectivity index (χ2n) is 3.33. The molecule has 1 saturated heterocycles. The van der Waals surface area contributed by atoms with Crippen molar-refractivity contribution in [2.75, 3.05) is 46.0 Å². The summed E-state index contributed by atoms with van der Waals surface area (Å²) in [4.78, 5) is 0.713. The highest BCUT2D eigenvalue weighted by Gasteiger charge is 2.05. The minimum atomic E-state index is 0.713. The van der Waals surface area contributed by atoms with Crippen LogP contribution in [0.25, 0.3) is 0 Å². The van der Waals surface area contributed by atoms with E-state index in [4.69, 9.17) is 0 Å². The summed E-state index contributed by atoms with van der Waals surface area (Å²) >= 11 is 12.2. The second-order valence-corrected chi connectivity index (χ2v) is 9.37. The molecule has 15 heavy (non-hydrogen) atoms. The van der Waals surface area contributed by atoms with Crippen LogP contribution in [0.2, 0.25) is 0 Å². The third-order valence-corrected chi connectivity index (χ3v) is 8.34. The summed E-state index contributed by atoms with van der Waals surface area (Å²) in [6, 6.07) is 0. The van der Waals surface area contributed by atoms with Crippen LogP contribution >= 0.6 is 63.0 Å². The van der Waals surface area contributed by atoms with Crippen LogP contribution in [-0.2, 0) is 0 Å². The SMILES string of the molecule is BrC1CSCCSCCCSCCSC1. The molecule has 1 aliphatic rings. The van der Waals surface area contributed by atoms with Gasteiger partial charge in [0.1, 0.15) is 0 Å². The molecule has 0 aromatic carbocycles. The van der Waals surface area contributed by atoms with Gasteiger partial charge < -0.3 is 0 Å². The summed E-state index contributed by atoms with van der Waals surface area (Å²) in [7, 11) is 0. The van der Waals surface area contributed by atoms with E-state index >= 15 is 0 Å². The molecule has 0 bridgehead atoms. The average Bonchev–Trinajstić information content (AvgIpc) is 2.24. The predicted octanol–water partition coefficient (Wildman–Crippen LogP) is 4.09. The normalized spacial score (nSPS) is 24.6. The Kier molecular flexibility index (Phi) is 11.0. The van der Waals surface area contributed by atoms with Crippen molar-refractivity contribution in [1.29, 1.82) is 0 Å². The number of alkyl halides is 1. The molecule has 1 heterocycles. The molecule has 0 aliphatic carbocycles. The fourth-order valence-corrected chi connectivity index (χ4v) is 6.70.